The van der Waals surface area contributed by atoms with Crippen molar-refractivity contribution in [1.29, 1.82) is 0 Å². The predicted molar refractivity (Wildman–Crippen MR) is 115 cm³/mol. The molecule has 0 radical (unpaired) electrons. The summed E-state index contributed by atoms with van der Waals surface area (Å²) in [7, 11) is 0. The number of hydrogen-bond acceptors (Lipinski definition) is 3. The highest BCUT2D eigenvalue weighted by atomic mass is 35.5. The van der Waals surface area contributed by atoms with Crippen LogP contribution in [0, 0.1) is 13.8 Å². The standard InChI is InChI=1S/C22H21ClN4O2/c1-14-19(15(2)27(26-14)13-17-5-3-4-6-20(17)23)11-12-21(28)25-18-9-7-16(8-10-18)22(24)29/h3-12H,13H2,1-2H3,(H2,24,29)(H,25,28)/b12-11+. The Morgan fingerprint density at radius 3 is 2.48 bits per heavy atom. The number of hydrogen-bond donors (Lipinski definition) is 2. The van der Waals surface area contributed by atoms with Crippen molar-refractivity contribution < 1.29 is 9.59 Å². The Morgan fingerprint density at radius 1 is 1.14 bits per heavy atom. The fourth-order valence-corrected chi connectivity index (χ4v) is 3.15. The van der Waals surface area contributed by atoms with Gasteiger partial charge in [0, 0.05) is 33.6 Å². The molecule has 3 aromatic rings. The topological polar surface area (TPSA) is 90.0 Å². The van der Waals surface area contributed by atoms with Crippen LogP contribution < -0.4 is 11.1 Å². The SMILES string of the molecule is Cc1nn(Cc2ccccc2Cl)c(C)c1/C=C/C(=O)Nc1ccc(C(N)=O)cc1. The number of carbonyl (C=O) groups excluding carboxylic acids is 2. The average molecular weight is 409 g/mol. The Morgan fingerprint density at radius 2 is 1.83 bits per heavy atom. The molecule has 0 spiro atoms. The van der Waals surface area contributed by atoms with Crippen LogP contribution in [-0.4, -0.2) is 21.6 Å². The van der Waals surface area contributed by atoms with Crippen LogP contribution in [0.4, 0.5) is 5.69 Å². The van der Waals surface area contributed by atoms with E-state index in [1.165, 1.54) is 6.08 Å². The summed E-state index contributed by atoms with van der Waals surface area (Å²) in [6.07, 6.45) is 3.20. The highest BCUT2D eigenvalue weighted by Gasteiger charge is 2.11. The van der Waals surface area contributed by atoms with Gasteiger partial charge in [0.1, 0.15) is 0 Å². The Labute approximate surface area is 174 Å². The number of benzene rings is 2. The number of nitrogens with one attached hydrogen (secondary N) is 1. The number of nitrogens with two attached hydrogens (primary N) is 1. The Hall–Kier alpha value is -3.38. The minimum Gasteiger partial charge on any atom is -0.366 e. The first-order chi connectivity index (χ1) is 13.8. The zero-order valence-corrected chi connectivity index (χ0v) is 16.9. The van der Waals surface area contributed by atoms with Gasteiger partial charge in [-0.3, -0.25) is 14.3 Å². The molecule has 2 amide bonds. The molecule has 2 aromatic carbocycles. The van der Waals surface area contributed by atoms with Crippen molar-refractivity contribution in [2.24, 2.45) is 5.73 Å². The molecule has 0 fully saturated rings. The largest absolute Gasteiger partial charge is 0.366 e. The Bertz CT molecular complexity index is 1080. The van der Waals surface area contributed by atoms with Gasteiger partial charge in [-0.2, -0.15) is 5.10 Å². The lowest BCUT2D eigenvalue weighted by molar-refractivity contribution is -0.111. The third kappa shape index (κ3) is 4.92. The van der Waals surface area contributed by atoms with Crippen molar-refractivity contribution in [1.82, 2.24) is 9.78 Å². The molecular weight excluding hydrogens is 388 g/mol. The van der Waals surface area contributed by atoms with Gasteiger partial charge in [0.2, 0.25) is 11.8 Å². The highest BCUT2D eigenvalue weighted by molar-refractivity contribution is 6.31. The van der Waals surface area contributed by atoms with E-state index in [-0.39, 0.29) is 5.91 Å². The molecule has 0 saturated heterocycles. The second-order valence-corrected chi connectivity index (χ2v) is 7.00. The van der Waals surface area contributed by atoms with E-state index in [1.54, 1.807) is 30.3 Å². The number of amides is 2. The maximum Gasteiger partial charge on any atom is 0.248 e. The molecule has 0 saturated carbocycles. The minimum absolute atomic E-state index is 0.283. The molecule has 1 aromatic heterocycles. The molecule has 0 aliphatic rings. The van der Waals surface area contributed by atoms with Gasteiger partial charge in [0.15, 0.2) is 0 Å². The lowest BCUT2D eigenvalue weighted by Gasteiger charge is -2.06. The van der Waals surface area contributed by atoms with Crippen molar-refractivity contribution >= 4 is 35.2 Å². The van der Waals surface area contributed by atoms with Crippen LogP contribution in [0.15, 0.2) is 54.6 Å². The van der Waals surface area contributed by atoms with Gasteiger partial charge in [-0.1, -0.05) is 29.8 Å². The first-order valence-electron chi connectivity index (χ1n) is 9.01. The maximum absolute atomic E-state index is 12.2. The van der Waals surface area contributed by atoms with E-state index < -0.39 is 5.91 Å². The average Bonchev–Trinajstić information content (AvgIpc) is 2.95. The van der Waals surface area contributed by atoms with Gasteiger partial charge in [0.05, 0.1) is 12.2 Å². The zero-order chi connectivity index (χ0) is 21.0. The summed E-state index contributed by atoms with van der Waals surface area (Å²) in [6, 6.07) is 14.0. The van der Waals surface area contributed by atoms with Crippen LogP contribution in [0.5, 0.6) is 0 Å². The molecule has 3 N–H and O–H groups in total. The van der Waals surface area contributed by atoms with Crippen molar-refractivity contribution in [3.05, 3.63) is 87.7 Å². The van der Waals surface area contributed by atoms with Gasteiger partial charge in [-0.25, -0.2) is 0 Å². The van der Waals surface area contributed by atoms with E-state index in [0.29, 0.717) is 22.8 Å². The summed E-state index contributed by atoms with van der Waals surface area (Å²) >= 11 is 6.25. The quantitative estimate of drug-likeness (QED) is 0.605. The number of aryl methyl sites for hydroxylation is 1. The number of nitrogens with zero attached hydrogens (tertiary/aromatic N) is 2. The van der Waals surface area contributed by atoms with Gasteiger partial charge in [-0.05, 0) is 55.8 Å². The summed E-state index contributed by atoms with van der Waals surface area (Å²) in [5.41, 5.74) is 9.80. The summed E-state index contributed by atoms with van der Waals surface area (Å²) in [4.78, 5) is 23.3. The fraction of sp³-hybridized carbons (Fsp3) is 0.136. The smallest absolute Gasteiger partial charge is 0.248 e. The first kappa shape index (κ1) is 20.4. The van der Waals surface area contributed by atoms with Gasteiger partial charge >= 0.3 is 0 Å². The molecule has 148 valence electrons. The number of primary amides is 1. The molecule has 0 aliphatic heterocycles. The molecule has 3 rings (SSSR count). The molecule has 0 aliphatic carbocycles. The summed E-state index contributed by atoms with van der Waals surface area (Å²) in [5, 5.41) is 8.01. The number of aromatic nitrogens is 2. The molecule has 0 atom stereocenters. The molecule has 6 nitrogen and oxygen atoms in total. The van der Waals surface area contributed by atoms with Gasteiger partial charge in [0.25, 0.3) is 0 Å². The monoisotopic (exact) mass is 408 g/mol. The molecular formula is C22H21ClN4O2. The number of rotatable bonds is 6. The lowest BCUT2D eigenvalue weighted by atomic mass is 10.1. The number of anilines is 1. The van der Waals surface area contributed by atoms with Crippen LogP contribution in [0.1, 0.15) is 32.9 Å². The maximum atomic E-state index is 12.2. The molecule has 7 heteroatoms. The second-order valence-electron chi connectivity index (χ2n) is 6.60. The second kappa shape index (κ2) is 8.75. The van der Waals surface area contributed by atoms with Crippen LogP contribution in [-0.2, 0) is 11.3 Å². The van der Waals surface area contributed by atoms with E-state index >= 15 is 0 Å². The van der Waals surface area contributed by atoms with E-state index in [0.717, 1.165) is 22.5 Å². The van der Waals surface area contributed by atoms with Gasteiger partial charge < -0.3 is 11.1 Å². The van der Waals surface area contributed by atoms with Crippen LogP contribution in [0.25, 0.3) is 6.08 Å². The van der Waals surface area contributed by atoms with E-state index in [4.69, 9.17) is 17.3 Å². The molecule has 29 heavy (non-hydrogen) atoms. The highest BCUT2D eigenvalue weighted by Crippen LogP contribution is 2.20. The van der Waals surface area contributed by atoms with E-state index in [1.807, 2.05) is 42.8 Å². The predicted octanol–water partition coefficient (Wildman–Crippen LogP) is 3.95. The van der Waals surface area contributed by atoms with Crippen molar-refractivity contribution in [3.8, 4) is 0 Å². The summed E-state index contributed by atoms with van der Waals surface area (Å²) in [6.45, 7) is 4.41. The summed E-state index contributed by atoms with van der Waals surface area (Å²) < 4.78 is 1.87. The Kier molecular flexibility index (Phi) is 6.14. The molecule has 1 heterocycles. The van der Waals surface area contributed by atoms with Crippen molar-refractivity contribution in [3.63, 3.8) is 0 Å². The van der Waals surface area contributed by atoms with E-state index in [9.17, 15) is 9.59 Å². The van der Waals surface area contributed by atoms with Crippen molar-refractivity contribution in [2.75, 3.05) is 5.32 Å². The summed E-state index contributed by atoms with van der Waals surface area (Å²) in [5.74, 6) is -0.794. The number of carbonyl (C=O) groups is 2. The van der Waals surface area contributed by atoms with Gasteiger partial charge in [-0.15, -0.1) is 0 Å². The first-order valence-corrected chi connectivity index (χ1v) is 9.39. The third-order valence-corrected chi connectivity index (χ3v) is 4.92. The van der Waals surface area contributed by atoms with Crippen LogP contribution >= 0.6 is 11.6 Å². The van der Waals surface area contributed by atoms with Crippen LogP contribution in [0.3, 0.4) is 0 Å². The van der Waals surface area contributed by atoms with Crippen LogP contribution in [0.2, 0.25) is 5.02 Å². The third-order valence-electron chi connectivity index (χ3n) is 4.55. The molecule has 0 unspecified atom stereocenters. The number of halogens is 1. The normalized spacial score (nSPS) is 11.0. The minimum atomic E-state index is -0.512. The van der Waals surface area contributed by atoms with E-state index in [2.05, 4.69) is 10.4 Å². The molecule has 0 bridgehead atoms. The lowest BCUT2D eigenvalue weighted by Crippen LogP contribution is -2.11. The van der Waals surface area contributed by atoms with Crippen molar-refractivity contribution in [2.45, 2.75) is 20.4 Å². The zero-order valence-electron chi connectivity index (χ0n) is 16.1. The Balaban J connectivity index is 1.71. The fourth-order valence-electron chi connectivity index (χ4n) is 2.95.